The molecule has 0 unspecified atom stereocenters. The van der Waals surface area contributed by atoms with Crippen LogP contribution >= 0.6 is 0 Å². The van der Waals surface area contributed by atoms with Gasteiger partial charge in [-0.05, 0) is 50.9 Å². The Labute approximate surface area is 142 Å². The molecule has 0 saturated carbocycles. The highest BCUT2D eigenvalue weighted by atomic mass is 19.1. The fraction of sp³-hybridized carbons (Fsp3) is 0.556. The van der Waals surface area contributed by atoms with E-state index in [0.717, 1.165) is 24.8 Å². The van der Waals surface area contributed by atoms with Gasteiger partial charge >= 0.3 is 5.97 Å². The predicted molar refractivity (Wildman–Crippen MR) is 88.8 cm³/mol. The fourth-order valence-electron chi connectivity index (χ4n) is 2.99. The zero-order valence-corrected chi connectivity index (χ0v) is 14.3. The second-order valence-corrected chi connectivity index (χ2v) is 6.07. The average Bonchev–Trinajstić information content (AvgIpc) is 2.56. The molecule has 0 spiro atoms. The molecule has 1 amide bonds. The Morgan fingerprint density at radius 3 is 2.71 bits per heavy atom. The van der Waals surface area contributed by atoms with Gasteiger partial charge in [0.1, 0.15) is 11.9 Å². The smallest absolute Gasteiger partial charge is 0.323 e. The van der Waals surface area contributed by atoms with E-state index in [1.807, 2.05) is 11.8 Å². The zero-order valence-electron chi connectivity index (χ0n) is 14.3. The molecule has 1 aromatic carbocycles. The third-order valence-corrected chi connectivity index (χ3v) is 4.27. The highest BCUT2D eigenvalue weighted by Crippen LogP contribution is 2.18. The number of hydrogen-bond acceptors (Lipinski definition) is 4. The molecule has 24 heavy (non-hydrogen) atoms. The summed E-state index contributed by atoms with van der Waals surface area (Å²) in [6.07, 6.45) is 2.66. The number of halogens is 1. The maximum Gasteiger partial charge on any atom is 0.323 e. The second-order valence-electron chi connectivity index (χ2n) is 6.07. The van der Waals surface area contributed by atoms with Gasteiger partial charge in [0.25, 0.3) is 0 Å². The number of piperidine rings is 1. The Morgan fingerprint density at radius 2 is 2.04 bits per heavy atom. The summed E-state index contributed by atoms with van der Waals surface area (Å²) in [4.78, 5) is 26.2. The molecule has 5 nitrogen and oxygen atoms in total. The Hall–Kier alpha value is -1.95. The van der Waals surface area contributed by atoms with E-state index < -0.39 is 0 Å². The van der Waals surface area contributed by atoms with Crippen molar-refractivity contribution in [3.8, 4) is 0 Å². The number of nitrogens with one attached hydrogen (secondary N) is 1. The van der Waals surface area contributed by atoms with E-state index in [1.54, 1.807) is 19.1 Å². The van der Waals surface area contributed by atoms with Crippen molar-refractivity contribution >= 4 is 11.9 Å². The summed E-state index contributed by atoms with van der Waals surface area (Å²) >= 11 is 0. The van der Waals surface area contributed by atoms with Crippen molar-refractivity contribution in [1.82, 2.24) is 10.2 Å². The van der Waals surface area contributed by atoms with Crippen molar-refractivity contribution in [3.63, 3.8) is 0 Å². The molecule has 0 aromatic heterocycles. The van der Waals surface area contributed by atoms with E-state index >= 15 is 0 Å². The van der Waals surface area contributed by atoms with Crippen LogP contribution in [0, 0.1) is 5.82 Å². The molecule has 0 aliphatic carbocycles. The van der Waals surface area contributed by atoms with Crippen LogP contribution in [-0.2, 0) is 14.3 Å². The first-order chi connectivity index (χ1) is 11.5. The van der Waals surface area contributed by atoms with Gasteiger partial charge in [-0.25, -0.2) is 4.39 Å². The van der Waals surface area contributed by atoms with Gasteiger partial charge in [-0.1, -0.05) is 18.6 Å². The van der Waals surface area contributed by atoms with Gasteiger partial charge in [0.15, 0.2) is 0 Å². The third kappa shape index (κ3) is 5.03. The summed E-state index contributed by atoms with van der Waals surface area (Å²) in [7, 11) is 0. The van der Waals surface area contributed by atoms with Gasteiger partial charge in [-0.2, -0.15) is 0 Å². The largest absolute Gasteiger partial charge is 0.465 e. The van der Waals surface area contributed by atoms with Crippen LogP contribution in [0.1, 0.15) is 44.7 Å². The average molecular weight is 336 g/mol. The normalized spacial score (nSPS) is 19.5. The minimum atomic E-state index is -0.342. The van der Waals surface area contributed by atoms with Gasteiger partial charge in [0.05, 0.1) is 19.2 Å². The molecule has 1 heterocycles. The molecule has 1 fully saturated rings. The molecule has 1 saturated heterocycles. The van der Waals surface area contributed by atoms with Crippen molar-refractivity contribution in [2.75, 3.05) is 19.7 Å². The number of benzene rings is 1. The summed E-state index contributed by atoms with van der Waals surface area (Å²) in [6.45, 7) is 4.85. The monoisotopic (exact) mass is 336 g/mol. The maximum absolute atomic E-state index is 13.0. The number of amides is 1. The highest BCUT2D eigenvalue weighted by Gasteiger charge is 2.31. The summed E-state index contributed by atoms with van der Waals surface area (Å²) in [5, 5.41) is 2.90. The number of esters is 1. The van der Waals surface area contributed by atoms with Crippen molar-refractivity contribution in [3.05, 3.63) is 35.6 Å². The number of hydrogen-bond donors (Lipinski definition) is 1. The van der Waals surface area contributed by atoms with Crippen LogP contribution < -0.4 is 5.32 Å². The van der Waals surface area contributed by atoms with Crippen LogP contribution in [0.15, 0.2) is 24.3 Å². The van der Waals surface area contributed by atoms with Crippen molar-refractivity contribution in [1.29, 1.82) is 0 Å². The van der Waals surface area contributed by atoms with Gasteiger partial charge in [-0.3, -0.25) is 14.5 Å². The quantitative estimate of drug-likeness (QED) is 0.811. The molecule has 6 heteroatoms. The minimum absolute atomic E-state index is 0.150. The SMILES string of the molecule is CCOC(=O)[C@H]1CCCCN1CC(=O)N[C@H](C)c1ccc(F)cc1. The molecule has 132 valence electrons. The minimum Gasteiger partial charge on any atom is -0.465 e. The Balaban J connectivity index is 1.91. The van der Waals surface area contributed by atoms with Gasteiger partial charge in [0.2, 0.25) is 5.91 Å². The standard InChI is InChI=1S/C18H25FN2O3/c1-3-24-18(23)16-6-4-5-11-21(16)12-17(22)20-13(2)14-7-9-15(19)10-8-14/h7-10,13,16H,3-6,11-12H2,1-2H3,(H,20,22)/t13-,16-/m1/s1. The van der Waals surface area contributed by atoms with Crippen LogP contribution in [0.4, 0.5) is 4.39 Å². The van der Waals surface area contributed by atoms with Crippen LogP contribution in [0.25, 0.3) is 0 Å². The molecule has 2 rings (SSSR count). The molecular formula is C18H25FN2O3. The number of likely N-dealkylation sites (tertiary alicyclic amines) is 1. The maximum atomic E-state index is 13.0. The lowest BCUT2D eigenvalue weighted by molar-refractivity contribution is -0.151. The Bertz CT molecular complexity index is 562. The van der Waals surface area contributed by atoms with Gasteiger partial charge in [-0.15, -0.1) is 0 Å². The van der Waals surface area contributed by atoms with E-state index in [2.05, 4.69) is 5.32 Å². The van der Waals surface area contributed by atoms with E-state index in [9.17, 15) is 14.0 Å². The molecule has 1 aliphatic heterocycles. The van der Waals surface area contributed by atoms with Crippen LogP contribution in [0.2, 0.25) is 0 Å². The number of carbonyl (C=O) groups is 2. The summed E-state index contributed by atoms with van der Waals surface area (Å²) in [6, 6.07) is 5.50. The van der Waals surface area contributed by atoms with E-state index in [-0.39, 0.29) is 36.3 Å². The molecule has 0 radical (unpaired) electrons. The molecular weight excluding hydrogens is 311 g/mol. The number of carbonyl (C=O) groups excluding carboxylic acids is 2. The molecule has 1 aromatic rings. The lowest BCUT2D eigenvalue weighted by atomic mass is 10.0. The van der Waals surface area contributed by atoms with Gasteiger partial charge in [0, 0.05) is 0 Å². The van der Waals surface area contributed by atoms with Gasteiger partial charge < -0.3 is 10.1 Å². The lowest BCUT2D eigenvalue weighted by Crippen LogP contribution is -2.49. The molecule has 1 aliphatic rings. The van der Waals surface area contributed by atoms with Crippen molar-refractivity contribution < 1.29 is 18.7 Å². The number of nitrogens with zero attached hydrogens (tertiary/aromatic N) is 1. The lowest BCUT2D eigenvalue weighted by Gasteiger charge is -2.33. The molecule has 0 bridgehead atoms. The fourth-order valence-corrected chi connectivity index (χ4v) is 2.99. The third-order valence-electron chi connectivity index (χ3n) is 4.27. The highest BCUT2D eigenvalue weighted by molar-refractivity contribution is 5.81. The van der Waals surface area contributed by atoms with E-state index in [1.165, 1.54) is 12.1 Å². The zero-order chi connectivity index (χ0) is 17.5. The first kappa shape index (κ1) is 18.4. The molecule has 1 N–H and O–H groups in total. The Morgan fingerprint density at radius 1 is 1.33 bits per heavy atom. The van der Waals surface area contributed by atoms with E-state index in [4.69, 9.17) is 4.74 Å². The topological polar surface area (TPSA) is 58.6 Å². The predicted octanol–water partition coefficient (Wildman–Crippen LogP) is 2.42. The van der Waals surface area contributed by atoms with Crippen LogP contribution in [0.5, 0.6) is 0 Å². The molecule has 2 atom stereocenters. The summed E-state index contributed by atoms with van der Waals surface area (Å²) < 4.78 is 18.1. The number of rotatable bonds is 6. The van der Waals surface area contributed by atoms with Crippen molar-refractivity contribution in [2.45, 2.75) is 45.2 Å². The second kappa shape index (κ2) is 8.78. The first-order valence-corrected chi connectivity index (χ1v) is 8.46. The van der Waals surface area contributed by atoms with Crippen LogP contribution in [-0.4, -0.2) is 42.5 Å². The Kier molecular flexibility index (Phi) is 6.73. The number of ether oxygens (including phenoxy) is 1. The summed E-state index contributed by atoms with van der Waals surface area (Å²) in [5.74, 6) is -0.706. The van der Waals surface area contributed by atoms with Crippen molar-refractivity contribution in [2.24, 2.45) is 0 Å². The van der Waals surface area contributed by atoms with Crippen LogP contribution in [0.3, 0.4) is 0 Å². The summed E-state index contributed by atoms with van der Waals surface area (Å²) in [5.41, 5.74) is 0.838. The van der Waals surface area contributed by atoms with E-state index in [0.29, 0.717) is 13.2 Å². The first-order valence-electron chi connectivity index (χ1n) is 8.46.